The van der Waals surface area contributed by atoms with Gasteiger partial charge in [-0.25, -0.2) is 0 Å². The Labute approximate surface area is 148 Å². The van der Waals surface area contributed by atoms with Crippen LogP contribution in [0.2, 0.25) is 0 Å². The van der Waals surface area contributed by atoms with E-state index in [0.717, 1.165) is 32.6 Å². The molecular formula is C18H27N3O2S. The number of thiophene rings is 1. The van der Waals surface area contributed by atoms with Crippen molar-refractivity contribution in [2.24, 2.45) is 5.92 Å². The third kappa shape index (κ3) is 5.18. The molecule has 0 radical (unpaired) electrons. The highest BCUT2D eigenvalue weighted by Gasteiger charge is 2.25. The molecule has 0 saturated carbocycles. The number of carbonyl (C=O) groups is 2. The van der Waals surface area contributed by atoms with Gasteiger partial charge >= 0.3 is 0 Å². The normalized spacial score (nSPS) is 17.7. The highest BCUT2D eigenvalue weighted by molar-refractivity contribution is 7.11. The number of amides is 2. The molecule has 0 spiro atoms. The molecule has 1 saturated heterocycles. The molecule has 1 aliphatic heterocycles. The quantitative estimate of drug-likeness (QED) is 0.707. The lowest BCUT2D eigenvalue weighted by molar-refractivity contribution is -0.136. The molecule has 1 unspecified atom stereocenters. The molecule has 1 aromatic rings. The molecular weight excluding hydrogens is 322 g/mol. The van der Waals surface area contributed by atoms with Gasteiger partial charge in [-0.3, -0.25) is 14.5 Å². The predicted octanol–water partition coefficient (Wildman–Crippen LogP) is 1.98. The van der Waals surface area contributed by atoms with E-state index in [0.29, 0.717) is 5.92 Å². The van der Waals surface area contributed by atoms with E-state index in [4.69, 9.17) is 0 Å². The summed E-state index contributed by atoms with van der Waals surface area (Å²) in [7, 11) is 3.44. The first-order valence-corrected chi connectivity index (χ1v) is 9.10. The topological polar surface area (TPSA) is 43.9 Å². The molecule has 24 heavy (non-hydrogen) atoms. The molecule has 0 aliphatic carbocycles. The Bertz CT molecular complexity index is 599. The highest BCUT2D eigenvalue weighted by Crippen LogP contribution is 2.23. The average molecular weight is 350 g/mol. The molecule has 132 valence electrons. The maximum absolute atomic E-state index is 12.2. The van der Waals surface area contributed by atoms with Crippen LogP contribution in [0, 0.1) is 12.8 Å². The van der Waals surface area contributed by atoms with E-state index in [-0.39, 0.29) is 18.4 Å². The molecule has 2 rings (SSSR count). The van der Waals surface area contributed by atoms with Crippen LogP contribution in [0.25, 0.3) is 0 Å². The van der Waals surface area contributed by atoms with E-state index in [1.807, 2.05) is 18.4 Å². The molecule has 0 N–H and O–H groups in total. The Hall–Kier alpha value is -1.66. The molecule has 2 heterocycles. The van der Waals surface area contributed by atoms with Crippen molar-refractivity contribution in [3.8, 4) is 0 Å². The van der Waals surface area contributed by atoms with Crippen LogP contribution in [0.15, 0.2) is 24.8 Å². The summed E-state index contributed by atoms with van der Waals surface area (Å²) in [6.45, 7) is 9.53. The Kier molecular flexibility index (Phi) is 6.57. The molecule has 1 atom stereocenters. The Balaban J connectivity index is 1.76. The van der Waals surface area contributed by atoms with Crippen molar-refractivity contribution in [3.63, 3.8) is 0 Å². The van der Waals surface area contributed by atoms with Gasteiger partial charge in [0, 0.05) is 43.5 Å². The minimum atomic E-state index is -0.227. The van der Waals surface area contributed by atoms with Gasteiger partial charge in [0.05, 0.1) is 6.54 Å². The van der Waals surface area contributed by atoms with Gasteiger partial charge < -0.3 is 9.80 Å². The van der Waals surface area contributed by atoms with Crippen molar-refractivity contribution < 1.29 is 9.59 Å². The molecule has 0 bridgehead atoms. The zero-order valence-corrected chi connectivity index (χ0v) is 15.6. The van der Waals surface area contributed by atoms with Crippen LogP contribution in [0.1, 0.15) is 16.2 Å². The van der Waals surface area contributed by atoms with E-state index < -0.39 is 0 Å². The number of likely N-dealkylation sites (tertiary alicyclic amines) is 1. The number of hydrogen-bond acceptors (Lipinski definition) is 4. The van der Waals surface area contributed by atoms with Crippen molar-refractivity contribution in [1.82, 2.24) is 14.7 Å². The number of carbonyl (C=O) groups excluding carboxylic acids is 2. The van der Waals surface area contributed by atoms with Gasteiger partial charge in [0.15, 0.2) is 0 Å². The second kappa shape index (κ2) is 8.44. The average Bonchev–Trinajstić information content (AvgIpc) is 3.15. The molecule has 1 aliphatic rings. The lowest BCUT2D eigenvalue weighted by Crippen LogP contribution is -2.41. The Morgan fingerprint density at radius 3 is 2.75 bits per heavy atom. The fraction of sp³-hybridized carbons (Fsp3) is 0.556. The molecule has 2 amide bonds. The zero-order valence-electron chi connectivity index (χ0n) is 14.8. The van der Waals surface area contributed by atoms with Crippen molar-refractivity contribution in [1.29, 1.82) is 0 Å². The van der Waals surface area contributed by atoms with Gasteiger partial charge in [-0.2, -0.15) is 0 Å². The summed E-state index contributed by atoms with van der Waals surface area (Å²) in [6, 6.07) is 4.37. The van der Waals surface area contributed by atoms with Gasteiger partial charge in [0.25, 0.3) is 0 Å². The summed E-state index contributed by atoms with van der Waals surface area (Å²) < 4.78 is 0. The highest BCUT2D eigenvalue weighted by atomic mass is 32.1. The lowest BCUT2D eigenvalue weighted by atomic mass is 10.1. The Morgan fingerprint density at radius 1 is 1.38 bits per heavy atom. The maximum Gasteiger partial charge on any atom is 0.246 e. The number of likely N-dealkylation sites (N-methyl/N-ethyl adjacent to an activating group) is 2. The number of nitrogens with zero attached hydrogens (tertiary/aromatic N) is 3. The van der Waals surface area contributed by atoms with Crippen molar-refractivity contribution in [2.45, 2.75) is 19.9 Å². The standard InChI is InChI=1S/C18H27N3O2S/c1-5-17(22)20(4)13-18(23)19(3)10-15-8-9-21(11-15)12-16-7-6-14(2)24-16/h5-7,15H,1,8-13H2,2-4H3. The second-order valence-corrected chi connectivity index (χ2v) is 7.95. The molecule has 0 aromatic carbocycles. The summed E-state index contributed by atoms with van der Waals surface area (Å²) in [4.78, 5) is 32.0. The van der Waals surface area contributed by atoms with E-state index in [1.165, 1.54) is 20.7 Å². The van der Waals surface area contributed by atoms with Crippen LogP contribution in [-0.4, -0.2) is 66.8 Å². The molecule has 1 fully saturated rings. The van der Waals surface area contributed by atoms with Crippen molar-refractivity contribution in [2.75, 3.05) is 40.3 Å². The smallest absolute Gasteiger partial charge is 0.246 e. The summed E-state index contributed by atoms with van der Waals surface area (Å²) >= 11 is 1.85. The van der Waals surface area contributed by atoms with Crippen LogP contribution >= 0.6 is 11.3 Å². The largest absolute Gasteiger partial charge is 0.344 e. The molecule has 6 heteroatoms. The van der Waals surface area contributed by atoms with E-state index in [2.05, 4.69) is 30.5 Å². The van der Waals surface area contributed by atoms with Crippen molar-refractivity contribution in [3.05, 3.63) is 34.5 Å². The summed E-state index contributed by atoms with van der Waals surface area (Å²) in [5.74, 6) is 0.246. The molecule has 1 aromatic heterocycles. The first-order valence-electron chi connectivity index (χ1n) is 8.28. The lowest BCUT2D eigenvalue weighted by Gasteiger charge is -2.24. The van der Waals surface area contributed by atoms with Gasteiger partial charge in [0.1, 0.15) is 0 Å². The summed E-state index contributed by atoms with van der Waals surface area (Å²) in [5, 5.41) is 0. The van der Waals surface area contributed by atoms with E-state index in [1.54, 1.807) is 11.9 Å². The zero-order chi connectivity index (χ0) is 17.7. The minimum absolute atomic E-state index is 0.0277. The number of rotatable bonds is 7. The fourth-order valence-corrected chi connectivity index (χ4v) is 3.98. The van der Waals surface area contributed by atoms with Gasteiger partial charge in [-0.05, 0) is 44.0 Å². The van der Waals surface area contributed by atoms with Gasteiger partial charge in [0.2, 0.25) is 11.8 Å². The first-order chi connectivity index (χ1) is 11.4. The predicted molar refractivity (Wildman–Crippen MR) is 97.9 cm³/mol. The maximum atomic E-state index is 12.2. The van der Waals surface area contributed by atoms with Crippen molar-refractivity contribution >= 4 is 23.2 Å². The van der Waals surface area contributed by atoms with Gasteiger partial charge in [-0.1, -0.05) is 6.58 Å². The number of aryl methyl sites for hydroxylation is 1. The third-order valence-electron chi connectivity index (χ3n) is 4.43. The first kappa shape index (κ1) is 18.7. The summed E-state index contributed by atoms with van der Waals surface area (Å²) in [6.07, 6.45) is 2.35. The monoisotopic (exact) mass is 349 g/mol. The minimum Gasteiger partial charge on any atom is -0.344 e. The van der Waals surface area contributed by atoms with Crippen LogP contribution in [0.5, 0.6) is 0 Å². The number of hydrogen-bond donors (Lipinski definition) is 0. The van der Waals surface area contributed by atoms with Crippen LogP contribution < -0.4 is 0 Å². The second-order valence-electron chi connectivity index (χ2n) is 6.57. The van der Waals surface area contributed by atoms with Crippen LogP contribution in [-0.2, 0) is 16.1 Å². The van der Waals surface area contributed by atoms with Gasteiger partial charge in [-0.15, -0.1) is 11.3 Å². The SMILES string of the molecule is C=CC(=O)N(C)CC(=O)N(C)CC1CCN(Cc2ccc(C)s2)C1. The van der Waals surface area contributed by atoms with E-state index >= 15 is 0 Å². The Morgan fingerprint density at radius 2 is 2.12 bits per heavy atom. The third-order valence-corrected chi connectivity index (χ3v) is 5.41. The van der Waals surface area contributed by atoms with E-state index in [9.17, 15) is 9.59 Å². The van der Waals surface area contributed by atoms with Crippen LogP contribution in [0.4, 0.5) is 0 Å². The molecule has 5 nitrogen and oxygen atoms in total. The fourth-order valence-electron chi connectivity index (χ4n) is 3.04. The summed E-state index contributed by atoms with van der Waals surface area (Å²) in [5.41, 5.74) is 0. The van der Waals surface area contributed by atoms with Crippen LogP contribution in [0.3, 0.4) is 0 Å².